The zero-order valence-corrected chi connectivity index (χ0v) is 8.30. The molecule has 1 rings (SSSR count). The molecule has 86 valence electrons. The normalized spacial score (nSPS) is 20.7. The van der Waals surface area contributed by atoms with E-state index >= 15 is 0 Å². The number of ether oxygens (including phenoxy) is 2. The van der Waals surface area contributed by atoms with Crippen LogP contribution in [0.3, 0.4) is 0 Å². The molecule has 0 aromatic carbocycles. The summed E-state index contributed by atoms with van der Waals surface area (Å²) in [6, 6.07) is 0. The Morgan fingerprint density at radius 3 is 2.40 bits per heavy atom. The predicted octanol–water partition coefficient (Wildman–Crippen LogP) is 1.63. The first-order chi connectivity index (χ1) is 6.90. The SMILES string of the molecule is O=NC1(OC(=O)C(F)(F)Cl)CCOCC1. The molecule has 1 fully saturated rings. The molecule has 1 aliphatic heterocycles. The Bertz CT molecular complexity index is 262. The molecule has 0 aromatic heterocycles. The second kappa shape index (κ2) is 4.36. The third kappa shape index (κ3) is 3.07. The van der Waals surface area contributed by atoms with Crippen molar-refractivity contribution in [2.75, 3.05) is 13.2 Å². The fourth-order valence-corrected chi connectivity index (χ4v) is 1.17. The van der Waals surface area contributed by atoms with E-state index < -0.39 is 17.1 Å². The summed E-state index contributed by atoms with van der Waals surface area (Å²) in [5.74, 6) is -1.97. The molecular weight excluding hydrogens is 236 g/mol. The first-order valence-electron chi connectivity index (χ1n) is 4.12. The van der Waals surface area contributed by atoms with Crippen molar-refractivity contribution in [2.24, 2.45) is 5.18 Å². The highest BCUT2D eigenvalue weighted by Gasteiger charge is 2.46. The molecule has 1 aliphatic rings. The highest BCUT2D eigenvalue weighted by molar-refractivity contribution is 6.31. The third-order valence-electron chi connectivity index (χ3n) is 1.95. The number of rotatable bonds is 3. The smallest absolute Gasteiger partial charge is 0.418 e. The van der Waals surface area contributed by atoms with Crippen LogP contribution in [-0.2, 0) is 14.3 Å². The molecule has 0 N–H and O–H groups in total. The van der Waals surface area contributed by atoms with Crippen LogP contribution >= 0.6 is 11.6 Å². The Balaban J connectivity index is 2.68. The molecule has 0 aromatic rings. The Morgan fingerprint density at radius 2 is 2.00 bits per heavy atom. The van der Waals surface area contributed by atoms with Gasteiger partial charge in [0, 0.05) is 12.8 Å². The maximum atomic E-state index is 12.3. The van der Waals surface area contributed by atoms with Crippen LogP contribution in [0.4, 0.5) is 8.78 Å². The van der Waals surface area contributed by atoms with Crippen LogP contribution in [0.5, 0.6) is 0 Å². The molecule has 0 radical (unpaired) electrons. The molecule has 1 heterocycles. The van der Waals surface area contributed by atoms with Crippen LogP contribution in [0.2, 0.25) is 0 Å². The largest absolute Gasteiger partial charge is 0.428 e. The van der Waals surface area contributed by atoms with Crippen molar-refractivity contribution in [1.29, 1.82) is 0 Å². The number of alkyl halides is 3. The Kier molecular flexibility index (Phi) is 3.56. The maximum Gasteiger partial charge on any atom is 0.418 e. The summed E-state index contributed by atoms with van der Waals surface area (Å²) in [6.45, 7) is 0.236. The van der Waals surface area contributed by atoms with Crippen molar-refractivity contribution in [1.82, 2.24) is 0 Å². The van der Waals surface area contributed by atoms with E-state index in [9.17, 15) is 18.5 Å². The topological polar surface area (TPSA) is 65.0 Å². The van der Waals surface area contributed by atoms with Crippen molar-refractivity contribution in [3.05, 3.63) is 4.91 Å². The minimum absolute atomic E-state index is 0.0464. The quantitative estimate of drug-likeness (QED) is 0.429. The van der Waals surface area contributed by atoms with Crippen LogP contribution < -0.4 is 0 Å². The van der Waals surface area contributed by atoms with E-state index in [1.807, 2.05) is 0 Å². The van der Waals surface area contributed by atoms with Crippen LogP contribution in [0, 0.1) is 4.91 Å². The number of nitrogens with zero attached hydrogens (tertiary/aromatic N) is 1. The summed E-state index contributed by atoms with van der Waals surface area (Å²) < 4.78 is 33.8. The third-order valence-corrected chi connectivity index (χ3v) is 2.11. The van der Waals surface area contributed by atoms with Crippen LogP contribution in [-0.4, -0.2) is 30.3 Å². The summed E-state index contributed by atoms with van der Waals surface area (Å²) >= 11 is 4.44. The van der Waals surface area contributed by atoms with Gasteiger partial charge in [-0.1, -0.05) is 0 Å². The zero-order valence-electron chi connectivity index (χ0n) is 7.54. The van der Waals surface area contributed by atoms with Gasteiger partial charge in [0.25, 0.3) is 0 Å². The monoisotopic (exact) mass is 243 g/mol. The second-order valence-electron chi connectivity index (χ2n) is 3.04. The number of nitroso groups, excluding NO2 is 1. The highest BCUT2D eigenvalue weighted by atomic mass is 35.5. The lowest BCUT2D eigenvalue weighted by Crippen LogP contribution is -2.42. The number of hydrogen-bond acceptors (Lipinski definition) is 5. The van der Waals surface area contributed by atoms with E-state index in [0.717, 1.165) is 0 Å². The van der Waals surface area contributed by atoms with E-state index in [2.05, 4.69) is 21.5 Å². The van der Waals surface area contributed by atoms with E-state index in [1.165, 1.54) is 0 Å². The summed E-state index contributed by atoms with van der Waals surface area (Å²) in [5, 5.41) is -1.58. The molecule has 15 heavy (non-hydrogen) atoms. The van der Waals surface area contributed by atoms with Gasteiger partial charge < -0.3 is 9.47 Å². The predicted molar refractivity (Wildman–Crippen MR) is 45.5 cm³/mol. The van der Waals surface area contributed by atoms with Crippen LogP contribution in [0.25, 0.3) is 0 Å². The molecule has 1 saturated heterocycles. The lowest BCUT2D eigenvalue weighted by atomic mass is 10.1. The van der Waals surface area contributed by atoms with E-state index in [1.54, 1.807) is 0 Å². The summed E-state index contributed by atoms with van der Waals surface area (Å²) in [6.07, 6.45) is -0.0928. The number of carbonyl (C=O) groups excluding carboxylic acids is 1. The average Bonchev–Trinajstić information content (AvgIpc) is 2.18. The lowest BCUT2D eigenvalue weighted by Gasteiger charge is -2.30. The molecular formula is C7H8ClF2NO4. The van der Waals surface area contributed by atoms with Crippen molar-refractivity contribution < 1.29 is 23.0 Å². The summed E-state index contributed by atoms with van der Waals surface area (Å²) in [7, 11) is 0. The first-order valence-corrected chi connectivity index (χ1v) is 4.50. The lowest BCUT2D eigenvalue weighted by molar-refractivity contribution is -0.185. The molecule has 0 spiro atoms. The molecule has 0 saturated carbocycles. The fourth-order valence-electron chi connectivity index (χ4n) is 1.13. The number of halogens is 3. The van der Waals surface area contributed by atoms with Crippen LogP contribution in [0.15, 0.2) is 5.18 Å². The number of esters is 1. The maximum absolute atomic E-state index is 12.3. The van der Waals surface area contributed by atoms with Crippen LogP contribution in [0.1, 0.15) is 12.8 Å². The standard InChI is InChI=1S/C7H8ClF2NO4/c8-7(9,10)5(12)15-6(11-13)1-3-14-4-2-6/h1-4H2. The van der Waals surface area contributed by atoms with Gasteiger partial charge in [-0.3, -0.25) is 0 Å². The van der Waals surface area contributed by atoms with Gasteiger partial charge in [0.05, 0.1) is 13.2 Å². The molecule has 0 atom stereocenters. The van der Waals surface area contributed by atoms with Gasteiger partial charge in [0.15, 0.2) is 0 Å². The molecule has 0 aliphatic carbocycles. The molecule has 8 heteroatoms. The van der Waals surface area contributed by atoms with Gasteiger partial charge >= 0.3 is 11.4 Å². The minimum Gasteiger partial charge on any atom is -0.428 e. The van der Waals surface area contributed by atoms with Gasteiger partial charge in [-0.15, -0.1) is 4.91 Å². The average molecular weight is 244 g/mol. The van der Waals surface area contributed by atoms with Crippen molar-refractivity contribution in [3.8, 4) is 0 Å². The Labute approximate surface area is 88.6 Å². The molecule has 0 unspecified atom stereocenters. The van der Waals surface area contributed by atoms with Crippen molar-refractivity contribution >= 4 is 17.6 Å². The van der Waals surface area contributed by atoms with Gasteiger partial charge in [0.2, 0.25) is 5.72 Å². The van der Waals surface area contributed by atoms with Gasteiger partial charge in [-0.05, 0) is 16.8 Å². The summed E-state index contributed by atoms with van der Waals surface area (Å²) in [4.78, 5) is 21.2. The molecule has 5 nitrogen and oxygen atoms in total. The molecule has 0 amide bonds. The van der Waals surface area contributed by atoms with E-state index in [4.69, 9.17) is 4.74 Å². The van der Waals surface area contributed by atoms with Gasteiger partial charge in [0.1, 0.15) is 0 Å². The Morgan fingerprint density at radius 1 is 1.47 bits per heavy atom. The van der Waals surface area contributed by atoms with Gasteiger partial charge in [-0.25, -0.2) is 4.79 Å². The summed E-state index contributed by atoms with van der Waals surface area (Å²) in [5.41, 5.74) is -1.77. The van der Waals surface area contributed by atoms with E-state index in [-0.39, 0.29) is 26.1 Å². The second-order valence-corrected chi connectivity index (χ2v) is 3.51. The number of hydrogen-bond donors (Lipinski definition) is 0. The molecule has 0 bridgehead atoms. The number of carbonyl (C=O) groups is 1. The minimum atomic E-state index is -4.14. The fraction of sp³-hybridized carbons (Fsp3) is 0.857. The zero-order chi connectivity index (χ0) is 11.5. The Hall–Kier alpha value is -0.820. The van der Waals surface area contributed by atoms with E-state index in [0.29, 0.717) is 0 Å². The van der Waals surface area contributed by atoms with Gasteiger partial charge in [-0.2, -0.15) is 8.78 Å². The van der Waals surface area contributed by atoms with Crippen molar-refractivity contribution in [2.45, 2.75) is 23.9 Å². The first kappa shape index (κ1) is 12.3. The highest BCUT2D eigenvalue weighted by Crippen LogP contribution is 2.30. The van der Waals surface area contributed by atoms with Crippen molar-refractivity contribution in [3.63, 3.8) is 0 Å².